The Kier molecular flexibility index (Phi) is 5.47. The minimum absolute atomic E-state index is 0.0416. The lowest BCUT2D eigenvalue weighted by molar-refractivity contribution is 0.165. The highest BCUT2D eigenvalue weighted by Gasteiger charge is 2.27. The second-order valence-corrected chi connectivity index (χ2v) is 6.77. The third-order valence-corrected chi connectivity index (χ3v) is 5.05. The van der Waals surface area contributed by atoms with Crippen molar-refractivity contribution in [3.8, 4) is 0 Å². The third kappa shape index (κ3) is 4.24. The lowest BCUT2D eigenvalue weighted by atomic mass is 10.0. The van der Waals surface area contributed by atoms with E-state index in [1.54, 1.807) is 6.20 Å². The molecule has 1 aliphatic heterocycles. The molecule has 0 amide bonds. The number of aromatic nitrogens is 1. The predicted octanol–water partition coefficient (Wildman–Crippen LogP) is 0.163. The van der Waals surface area contributed by atoms with Crippen LogP contribution in [-0.2, 0) is 16.6 Å². The van der Waals surface area contributed by atoms with Crippen molar-refractivity contribution < 1.29 is 13.5 Å². The van der Waals surface area contributed by atoms with Gasteiger partial charge in [0.05, 0.1) is 0 Å². The van der Waals surface area contributed by atoms with Gasteiger partial charge in [0.1, 0.15) is 0 Å². The van der Waals surface area contributed by atoms with Crippen LogP contribution < -0.4 is 4.72 Å². The second-order valence-electron chi connectivity index (χ2n) is 5.02. The number of aliphatic hydroxyl groups excluding tert-OH is 1. The molecule has 0 bridgehead atoms. The molecule has 1 saturated heterocycles. The second kappa shape index (κ2) is 7.12. The van der Waals surface area contributed by atoms with E-state index in [9.17, 15) is 8.42 Å². The molecular weight excluding hydrogens is 278 g/mol. The van der Waals surface area contributed by atoms with Crippen molar-refractivity contribution in [1.29, 1.82) is 0 Å². The highest BCUT2D eigenvalue weighted by atomic mass is 32.2. The summed E-state index contributed by atoms with van der Waals surface area (Å²) in [5.41, 5.74) is 0.863. The Bertz CT molecular complexity index is 507. The first-order valence-corrected chi connectivity index (χ1v) is 8.31. The summed E-state index contributed by atoms with van der Waals surface area (Å²) in [5.74, 6) is 0.0520. The van der Waals surface area contributed by atoms with Crippen LogP contribution >= 0.6 is 0 Å². The van der Waals surface area contributed by atoms with Crippen molar-refractivity contribution in [3.63, 3.8) is 0 Å². The molecular formula is C13H21N3O3S. The van der Waals surface area contributed by atoms with E-state index in [1.165, 1.54) is 4.31 Å². The van der Waals surface area contributed by atoms with Crippen LogP contribution in [0.25, 0.3) is 0 Å². The van der Waals surface area contributed by atoms with Crippen molar-refractivity contribution >= 4 is 10.2 Å². The van der Waals surface area contributed by atoms with E-state index in [1.807, 2.05) is 18.2 Å². The van der Waals surface area contributed by atoms with Gasteiger partial charge in [-0.3, -0.25) is 4.98 Å². The van der Waals surface area contributed by atoms with Gasteiger partial charge in [0.2, 0.25) is 0 Å². The van der Waals surface area contributed by atoms with E-state index in [4.69, 9.17) is 5.11 Å². The first kappa shape index (κ1) is 15.4. The zero-order valence-corrected chi connectivity index (χ0v) is 12.2. The van der Waals surface area contributed by atoms with Gasteiger partial charge in [-0.15, -0.1) is 0 Å². The van der Waals surface area contributed by atoms with Gasteiger partial charge in [-0.1, -0.05) is 6.07 Å². The molecule has 1 atom stereocenters. The Morgan fingerprint density at radius 3 is 3.00 bits per heavy atom. The Labute approximate surface area is 120 Å². The molecule has 6 nitrogen and oxygen atoms in total. The van der Waals surface area contributed by atoms with E-state index >= 15 is 0 Å². The van der Waals surface area contributed by atoms with Crippen molar-refractivity contribution in [2.24, 2.45) is 5.92 Å². The third-order valence-electron chi connectivity index (χ3n) is 3.47. The summed E-state index contributed by atoms with van der Waals surface area (Å²) >= 11 is 0. The fraction of sp³-hybridized carbons (Fsp3) is 0.615. The van der Waals surface area contributed by atoms with Crippen LogP contribution in [0.2, 0.25) is 0 Å². The predicted molar refractivity (Wildman–Crippen MR) is 76.2 cm³/mol. The average Bonchev–Trinajstić information content (AvgIpc) is 2.48. The van der Waals surface area contributed by atoms with Gasteiger partial charge in [-0.25, -0.2) is 4.72 Å². The van der Waals surface area contributed by atoms with E-state index in [2.05, 4.69) is 9.71 Å². The van der Waals surface area contributed by atoms with Crippen LogP contribution in [-0.4, -0.2) is 49.1 Å². The Morgan fingerprint density at radius 2 is 2.30 bits per heavy atom. The summed E-state index contributed by atoms with van der Waals surface area (Å²) in [4.78, 5) is 4.15. The molecule has 112 valence electrons. The topological polar surface area (TPSA) is 82.5 Å². The monoisotopic (exact) mass is 299 g/mol. The van der Waals surface area contributed by atoms with Crippen LogP contribution in [0.3, 0.4) is 0 Å². The molecule has 1 aliphatic rings. The molecule has 0 radical (unpaired) electrons. The molecule has 2 heterocycles. The highest BCUT2D eigenvalue weighted by molar-refractivity contribution is 7.87. The molecule has 2 rings (SSSR count). The summed E-state index contributed by atoms with van der Waals surface area (Å²) in [6.07, 6.45) is 3.94. The van der Waals surface area contributed by atoms with E-state index in [0.29, 0.717) is 26.1 Å². The van der Waals surface area contributed by atoms with Crippen LogP contribution in [0.1, 0.15) is 18.5 Å². The van der Waals surface area contributed by atoms with Crippen LogP contribution in [0.4, 0.5) is 0 Å². The number of hydrogen-bond acceptors (Lipinski definition) is 4. The number of pyridine rings is 1. The minimum Gasteiger partial charge on any atom is -0.396 e. The first-order valence-electron chi connectivity index (χ1n) is 6.87. The Morgan fingerprint density at radius 1 is 1.45 bits per heavy atom. The number of aliphatic hydroxyl groups is 1. The van der Waals surface area contributed by atoms with E-state index in [-0.39, 0.29) is 12.5 Å². The molecule has 1 unspecified atom stereocenters. The summed E-state index contributed by atoms with van der Waals surface area (Å²) < 4.78 is 28.3. The normalized spacial score (nSPS) is 20.9. The lowest BCUT2D eigenvalue weighted by Gasteiger charge is -2.30. The smallest absolute Gasteiger partial charge is 0.279 e. The van der Waals surface area contributed by atoms with E-state index < -0.39 is 10.2 Å². The van der Waals surface area contributed by atoms with Crippen LogP contribution in [0.5, 0.6) is 0 Å². The maximum absolute atomic E-state index is 12.2. The van der Waals surface area contributed by atoms with Crippen molar-refractivity contribution in [2.45, 2.75) is 19.3 Å². The van der Waals surface area contributed by atoms with Crippen molar-refractivity contribution in [3.05, 3.63) is 30.1 Å². The van der Waals surface area contributed by atoms with Crippen LogP contribution in [0.15, 0.2) is 24.4 Å². The molecule has 7 heteroatoms. The fourth-order valence-corrected chi connectivity index (χ4v) is 3.66. The standard InChI is InChI=1S/C13H21N3O3S/c17-11-12-4-3-9-16(10-12)20(18,19)15-8-6-13-5-1-2-7-14-13/h1-2,5,7,12,15,17H,3-4,6,8-11H2. The molecule has 0 aliphatic carbocycles. The molecule has 0 saturated carbocycles. The zero-order chi connectivity index (χ0) is 14.4. The average molecular weight is 299 g/mol. The Hall–Kier alpha value is -1.02. The number of nitrogens with one attached hydrogen (secondary N) is 1. The van der Waals surface area contributed by atoms with Crippen molar-refractivity contribution in [1.82, 2.24) is 14.0 Å². The van der Waals surface area contributed by atoms with Crippen molar-refractivity contribution in [2.75, 3.05) is 26.2 Å². The van der Waals surface area contributed by atoms with Gasteiger partial charge in [-0.2, -0.15) is 12.7 Å². The molecule has 1 aromatic rings. The maximum atomic E-state index is 12.2. The van der Waals surface area contributed by atoms with Gasteiger partial charge in [-0.05, 0) is 30.9 Å². The summed E-state index contributed by atoms with van der Waals surface area (Å²) in [6, 6.07) is 5.58. The van der Waals surface area contributed by atoms with Gasteiger partial charge in [0.25, 0.3) is 10.2 Å². The Balaban J connectivity index is 1.84. The number of nitrogens with zero attached hydrogens (tertiary/aromatic N) is 2. The summed E-state index contributed by atoms with van der Waals surface area (Å²) in [5, 5.41) is 9.15. The summed E-state index contributed by atoms with van der Waals surface area (Å²) in [7, 11) is -3.45. The molecule has 1 fully saturated rings. The molecule has 2 N–H and O–H groups in total. The maximum Gasteiger partial charge on any atom is 0.279 e. The summed E-state index contributed by atoms with van der Waals surface area (Å²) in [6.45, 7) is 1.30. The molecule has 0 spiro atoms. The van der Waals surface area contributed by atoms with Gasteiger partial charge in [0, 0.05) is 44.6 Å². The van der Waals surface area contributed by atoms with Gasteiger partial charge >= 0.3 is 0 Å². The van der Waals surface area contributed by atoms with E-state index in [0.717, 1.165) is 18.5 Å². The number of piperidine rings is 1. The first-order chi connectivity index (χ1) is 9.62. The quantitative estimate of drug-likeness (QED) is 0.784. The number of rotatable bonds is 6. The highest BCUT2D eigenvalue weighted by Crippen LogP contribution is 2.17. The molecule has 20 heavy (non-hydrogen) atoms. The lowest BCUT2D eigenvalue weighted by Crippen LogP contribution is -2.47. The number of hydrogen-bond donors (Lipinski definition) is 2. The SMILES string of the molecule is O=S(=O)(NCCc1ccccn1)N1CCCC(CO)C1. The van der Waals surface area contributed by atoms with Gasteiger partial charge < -0.3 is 5.11 Å². The minimum atomic E-state index is -3.45. The molecule has 0 aromatic carbocycles. The van der Waals surface area contributed by atoms with Crippen LogP contribution in [0, 0.1) is 5.92 Å². The molecule has 1 aromatic heterocycles. The largest absolute Gasteiger partial charge is 0.396 e. The zero-order valence-electron chi connectivity index (χ0n) is 11.4. The fourth-order valence-electron chi connectivity index (χ4n) is 2.34. The van der Waals surface area contributed by atoms with Gasteiger partial charge in [0.15, 0.2) is 0 Å².